The molecule has 1 heterocycles. The summed E-state index contributed by atoms with van der Waals surface area (Å²) in [5.74, 6) is 1.32. The first-order valence-corrected chi connectivity index (χ1v) is 10.1. The summed E-state index contributed by atoms with van der Waals surface area (Å²) in [7, 11) is 1.80. The summed E-state index contributed by atoms with van der Waals surface area (Å²) in [5, 5.41) is 9.97. The first-order chi connectivity index (χ1) is 11.7. The number of ether oxygens (including phenoxy) is 1. The predicted octanol–water partition coefficient (Wildman–Crippen LogP) is 3.67. The Morgan fingerprint density at radius 3 is 2.79 bits per heavy atom. The van der Waals surface area contributed by atoms with Gasteiger partial charge in [-0.1, -0.05) is 33.1 Å². The second-order valence-electron chi connectivity index (χ2n) is 6.67. The van der Waals surface area contributed by atoms with Gasteiger partial charge in [-0.3, -0.25) is 4.99 Å². The molecule has 24 heavy (non-hydrogen) atoms. The molecule has 2 N–H and O–H groups in total. The summed E-state index contributed by atoms with van der Waals surface area (Å²) in [6, 6.07) is 0. The molecular weight excluding hydrogens is 320 g/mol. The minimum absolute atomic E-state index is 0.491. The van der Waals surface area contributed by atoms with Gasteiger partial charge in [-0.15, -0.1) is 11.3 Å². The number of guanidine groups is 1. The van der Waals surface area contributed by atoms with Crippen LogP contribution < -0.4 is 10.6 Å². The molecule has 0 saturated heterocycles. The van der Waals surface area contributed by atoms with Crippen LogP contribution in [0.2, 0.25) is 0 Å². The Morgan fingerprint density at radius 1 is 1.33 bits per heavy atom. The summed E-state index contributed by atoms with van der Waals surface area (Å²) in [4.78, 5) is 8.89. The van der Waals surface area contributed by atoms with E-state index in [0.29, 0.717) is 18.6 Å². The highest BCUT2D eigenvalue weighted by atomic mass is 32.1. The van der Waals surface area contributed by atoms with Crippen molar-refractivity contribution < 1.29 is 4.74 Å². The van der Waals surface area contributed by atoms with Crippen LogP contribution in [-0.4, -0.2) is 37.2 Å². The van der Waals surface area contributed by atoms with Gasteiger partial charge in [0.05, 0.1) is 23.4 Å². The van der Waals surface area contributed by atoms with E-state index in [1.165, 1.54) is 37.1 Å². The zero-order valence-electron chi connectivity index (χ0n) is 15.3. The van der Waals surface area contributed by atoms with Crippen molar-refractivity contribution in [1.29, 1.82) is 0 Å². The minimum Gasteiger partial charge on any atom is -0.378 e. The third-order valence-corrected chi connectivity index (χ3v) is 5.44. The van der Waals surface area contributed by atoms with E-state index in [2.05, 4.69) is 39.8 Å². The molecular formula is C18H32N4OS. The van der Waals surface area contributed by atoms with Gasteiger partial charge in [-0.05, 0) is 19.3 Å². The fourth-order valence-electron chi connectivity index (χ4n) is 2.82. The number of thiazole rings is 1. The molecule has 0 amide bonds. The van der Waals surface area contributed by atoms with Gasteiger partial charge >= 0.3 is 0 Å². The van der Waals surface area contributed by atoms with Gasteiger partial charge in [0.1, 0.15) is 0 Å². The smallest absolute Gasteiger partial charge is 0.191 e. The van der Waals surface area contributed by atoms with Crippen molar-refractivity contribution in [2.45, 2.75) is 70.9 Å². The summed E-state index contributed by atoms with van der Waals surface area (Å²) >= 11 is 1.73. The van der Waals surface area contributed by atoms with Crippen molar-refractivity contribution in [2.24, 2.45) is 4.99 Å². The normalized spacial score (nSPS) is 16.6. The monoisotopic (exact) mass is 352 g/mol. The lowest BCUT2D eigenvalue weighted by Gasteiger charge is -2.22. The van der Waals surface area contributed by atoms with Crippen LogP contribution >= 0.6 is 11.3 Å². The van der Waals surface area contributed by atoms with E-state index in [-0.39, 0.29) is 0 Å². The highest BCUT2D eigenvalue weighted by molar-refractivity contribution is 7.09. The Morgan fingerprint density at radius 2 is 2.12 bits per heavy atom. The number of hydrogen-bond acceptors (Lipinski definition) is 4. The number of nitrogens with zero attached hydrogens (tertiary/aromatic N) is 2. The molecule has 1 aliphatic carbocycles. The van der Waals surface area contributed by atoms with Crippen LogP contribution in [0.4, 0.5) is 0 Å². The molecule has 0 unspecified atom stereocenters. The predicted molar refractivity (Wildman–Crippen MR) is 102 cm³/mol. The fourth-order valence-corrected chi connectivity index (χ4v) is 3.66. The fraction of sp³-hybridized carbons (Fsp3) is 0.778. The first-order valence-electron chi connectivity index (χ1n) is 9.19. The van der Waals surface area contributed by atoms with E-state index in [0.717, 1.165) is 31.2 Å². The van der Waals surface area contributed by atoms with Crippen LogP contribution in [0.5, 0.6) is 0 Å². The van der Waals surface area contributed by atoms with Crippen LogP contribution in [0.1, 0.15) is 69.0 Å². The van der Waals surface area contributed by atoms with E-state index in [4.69, 9.17) is 4.74 Å². The van der Waals surface area contributed by atoms with E-state index < -0.39 is 0 Å². The number of hydrogen-bond donors (Lipinski definition) is 2. The Hall–Kier alpha value is -1.14. The zero-order valence-corrected chi connectivity index (χ0v) is 16.1. The number of aliphatic imine (C=N–C) groups is 1. The molecule has 1 fully saturated rings. The summed E-state index contributed by atoms with van der Waals surface area (Å²) in [6.07, 6.45) is 8.01. The first kappa shape index (κ1) is 19.2. The van der Waals surface area contributed by atoms with Crippen LogP contribution in [0.15, 0.2) is 10.4 Å². The van der Waals surface area contributed by atoms with E-state index in [1.807, 2.05) is 0 Å². The number of nitrogens with one attached hydrogen (secondary N) is 2. The summed E-state index contributed by atoms with van der Waals surface area (Å²) in [5.41, 5.74) is 1.08. The SMILES string of the molecule is CN=C(NCCCOC1CCCCC1)NCc1csc(C(C)C)n1. The van der Waals surface area contributed by atoms with Crippen LogP contribution in [-0.2, 0) is 11.3 Å². The summed E-state index contributed by atoms with van der Waals surface area (Å²) < 4.78 is 5.94. The number of aromatic nitrogens is 1. The lowest BCUT2D eigenvalue weighted by Crippen LogP contribution is -2.37. The van der Waals surface area contributed by atoms with Crippen LogP contribution in [0.25, 0.3) is 0 Å². The van der Waals surface area contributed by atoms with Crippen molar-refractivity contribution in [3.05, 3.63) is 16.1 Å². The van der Waals surface area contributed by atoms with Crippen LogP contribution in [0, 0.1) is 0 Å². The van der Waals surface area contributed by atoms with Crippen molar-refractivity contribution in [3.8, 4) is 0 Å². The highest BCUT2D eigenvalue weighted by Gasteiger charge is 2.13. The third-order valence-electron chi connectivity index (χ3n) is 4.24. The molecule has 0 aromatic carbocycles. The molecule has 2 rings (SSSR count). The lowest BCUT2D eigenvalue weighted by molar-refractivity contribution is 0.0277. The largest absolute Gasteiger partial charge is 0.378 e. The standard InChI is InChI=1S/C18H32N4OS/c1-14(2)17-22-15(13-24-17)12-21-18(19-3)20-10-7-11-23-16-8-5-4-6-9-16/h13-14,16H,4-12H2,1-3H3,(H2,19,20,21). The summed E-state index contributed by atoms with van der Waals surface area (Å²) in [6.45, 7) is 6.76. The zero-order chi connectivity index (χ0) is 17.2. The maximum absolute atomic E-state index is 5.94. The van der Waals surface area contributed by atoms with Gasteiger partial charge in [0.15, 0.2) is 5.96 Å². The average molecular weight is 353 g/mol. The Balaban J connectivity index is 1.58. The highest BCUT2D eigenvalue weighted by Crippen LogP contribution is 2.20. The Labute approximate surface area is 150 Å². The molecule has 0 radical (unpaired) electrons. The van der Waals surface area contributed by atoms with E-state index in [1.54, 1.807) is 18.4 Å². The molecule has 0 spiro atoms. The topological polar surface area (TPSA) is 58.5 Å². The Bertz CT molecular complexity index is 495. The van der Waals surface area contributed by atoms with Gasteiger partial charge < -0.3 is 15.4 Å². The number of rotatable bonds is 8. The minimum atomic E-state index is 0.491. The molecule has 1 aromatic heterocycles. The maximum atomic E-state index is 5.94. The van der Waals surface area contributed by atoms with Gasteiger partial charge in [0, 0.05) is 31.5 Å². The molecule has 136 valence electrons. The van der Waals surface area contributed by atoms with Crippen LogP contribution in [0.3, 0.4) is 0 Å². The van der Waals surface area contributed by atoms with Crippen molar-refractivity contribution >= 4 is 17.3 Å². The second-order valence-corrected chi connectivity index (χ2v) is 7.56. The second kappa shape index (κ2) is 10.7. The quantitative estimate of drug-likeness (QED) is 0.426. The van der Waals surface area contributed by atoms with Crippen molar-refractivity contribution in [3.63, 3.8) is 0 Å². The van der Waals surface area contributed by atoms with E-state index >= 15 is 0 Å². The third kappa shape index (κ3) is 6.77. The maximum Gasteiger partial charge on any atom is 0.191 e. The molecule has 0 aliphatic heterocycles. The molecule has 5 nitrogen and oxygen atoms in total. The van der Waals surface area contributed by atoms with Gasteiger partial charge in [-0.25, -0.2) is 4.98 Å². The molecule has 1 aromatic rings. The lowest BCUT2D eigenvalue weighted by atomic mass is 9.98. The molecule has 1 saturated carbocycles. The van der Waals surface area contributed by atoms with E-state index in [9.17, 15) is 0 Å². The van der Waals surface area contributed by atoms with Gasteiger partial charge in [-0.2, -0.15) is 0 Å². The van der Waals surface area contributed by atoms with Crippen molar-refractivity contribution in [2.75, 3.05) is 20.2 Å². The van der Waals surface area contributed by atoms with Crippen molar-refractivity contribution in [1.82, 2.24) is 15.6 Å². The average Bonchev–Trinajstić information content (AvgIpc) is 3.07. The van der Waals surface area contributed by atoms with Gasteiger partial charge in [0.2, 0.25) is 0 Å². The molecule has 0 bridgehead atoms. The Kier molecular flexibility index (Phi) is 8.53. The molecule has 1 aliphatic rings. The molecule has 0 atom stereocenters. The van der Waals surface area contributed by atoms with Gasteiger partial charge in [0.25, 0.3) is 0 Å². The molecule has 6 heteroatoms.